The average Bonchev–Trinajstić information content (AvgIpc) is 2.87. The summed E-state index contributed by atoms with van der Waals surface area (Å²) >= 11 is 0. The maximum atomic E-state index is 13.7. The van der Waals surface area contributed by atoms with E-state index in [0.717, 1.165) is 6.42 Å². The highest BCUT2D eigenvalue weighted by molar-refractivity contribution is 5.81. The van der Waals surface area contributed by atoms with Gasteiger partial charge < -0.3 is 15.4 Å². The van der Waals surface area contributed by atoms with E-state index in [9.17, 15) is 9.18 Å². The Morgan fingerprint density at radius 3 is 2.81 bits per heavy atom. The van der Waals surface area contributed by atoms with Crippen molar-refractivity contribution < 1.29 is 13.9 Å². The van der Waals surface area contributed by atoms with Crippen LogP contribution in [0.4, 0.5) is 4.39 Å². The summed E-state index contributed by atoms with van der Waals surface area (Å²) in [6.07, 6.45) is 0.767. The van der Waals surface area contributed by atoms with Gasteiger partial charge in [-0.2, -0.15) is 0 Å². The van der Waals surface area contributed by atoms with Gasteiger partial charge in [0, 0.05) is 12.6 Å². The Morgan fingerprint density at radius 2 is 2.24 bits per heavy atom. The number of benzene rings is 1. The molecular formula is C16H23FN2O2. The lowest BCUT2D eigenvalue weighted by Gasteiger charge is -2.27. The van der Waals surface area contributed by atoms with E-state index >= 15 is 0 Å². The molecule has 21 heavy (non-hydrogen) atoms. The second kappa shape index (κ2) is 6.89. The molecule has 1 fully saturated rings. The number of halogens is 1. The Balaban J connectivity index is 2.07. The first-order valence-corrected chi connectivity index (χ1v) is 7.48. The van der Waals surface area contributed by atoms with Gasteiger partial charge in [0.1, 0.15) is 0 Å². The maximum absolute atomic E-state index is 13.7. The molecule has 3 atom stereocenters. The summed E-state index contributed by atoms with van der Waals surface area (Å²) in [7, 11) is 0. The number of para-hydroxylation sites is 1. The molecule has 1 amide bonds. The Hall–Kier alpha value is -1.62. The van der Waals surface area contributed by atoms with Crippen LogP contribution < -0.4 is 10.5 Å². The van der Waals surface area contributed by atoms with Gasteiger partial charge in [0.15, 0.2) is 17.7 Å². The number of carbonyl (C=O) groups is 1. The normalized spacial score (nSPS) is 23.1. The van der Waals surface area contributed by atoms with Crippen molar-refractivity contribution in [1.29, 1.82) is 0 Å². The van der Waals surface area contributed by atoms with Gasteiger partial charge in [-0.05, 0) is 44.4 Å². The molecule has 1 aromatic carbocycles. The van der Waals surface area contributed by atoms with Crippen LogP contribution in [0.15, 0.2) is 24.3 Å². The Bertz CT molecular complexity index is 495. The number of amides is 1. The highest BCUT2D eigenvalue weighted by atomic mass is 19.1. The predicted octanol–water partition coefficient (Wildman–Crippen LogP) is 2.18. The van der Waals surface area contributed by atoms with Crippen molar-refractivity contribution in [3.05, 3.63) is 30.1 Å². The average molecular weight is 294 g/mol. The van der Waals surface area contributed by atoms with Crippen molar-refractivity contribution in [2.45, 2.75) is 38.8 Å². The van der Waals surface area contributed by atoms with Crippen molar-refractivity contribution in [2.75, 3.05) is 13.1 Å². The number of hydrogen-bond acceptors (Lipinski definition) is 3. The summed E-state index contributed by atoms with van der Waals surface area (Å²) in [5, 5.41) is 0. The van der Waals surface area contributed by atoms with Gasteiger partial charge in [0.25, 0.3) is 5.91 Å². The number of likely N-dealkylation sites (tertiary alicyclic amines) is 1. The van der Waals surface area contributed by atoms with Gasteiger partial charge in [-0.25, -0.2) is 4.39 Å². The van der Waals surface area contributed by atoms with Gasteiger partial charge in [-0.15, -0.1) is 0 Å². The van der Waals surface area contributed by atoms with Crippen LogP contribution in [0.1, 0.15) is 26.7 Å². The highest BCUT2D eigenvalue weighted by Gasteiger charge is 2.35. The summed E-state index contributed by atoms with van der Waals surface area (Å²) in [6, 6.07) is 6.32. The smallest absolute Gasteiger partial charge is 0.263 e. The molecule has 5 heteroatoms. The fourth-order valence-corrected chi connectivity index (χ4v) is 2.81. The molecule has 116 valence electrons. The number of rotatable bonds is 5. The minimum Gasteiger partial charge on any atom is -0.478 e. The minimum absolute atomic E-state index is 0.0794. The number of nitrogens with two attached hydrogens (primary N) is 1. The lowest BCUT2D eigenvalue weighted by molar-refractivity contribution is -0.139. The van der Waals surface area contributed by atoms with Gasteiger partial charge in [-0.3, -0.25) is 4.79 Å². The van der Waals surface area contributed by atoms with Gasteiger partial charge in [0.05, 0.1) is 0 Å². The first-order chi connectivity index (χ1) is 10.1. The summed E-state index contributed by atoms with van der Waals surface area (Å²) < 4.78 is 19.2. The first kappa shape index (κ1) is 15.8. The van der Waals surface area contributed by atoms with E-state index in [2.05, 4.69) is 0 Å². The monoisotopic (exact) mass is 294 g/mol. The second-order valence-corrected chi connectivity index (χ2v) is 5.62. The van der Waals surface area contributed by atoms with Gasteiger partial charge in [-0.1, -0.05) is 19.1 Å². The van der Waals surface area contributed by atoms with E-state index in [1.807, 2.05) is 18.7 Å². The van der Waals surface area contributed by atoms with E-state index in [1.54, 1.807) is 18.2 Å². The van der Waals surface area contributed by atoms with E-state index in [1.165, 1.54) is 6.07 Å². The molecule has 1 aliphatic rings. The fourth-order valence-electron chi connectivity index (χ4n) is 2.81. The number of carbonyl (C=O) groups excluding carboxylic acids is 1. The molecule has 0 aliphatic carbocycles. The van der Waals surface area contributed by atoms with Crippen molar-refractivity contribution in [2.24, 2.45) is 11.7 Å². The highest BCUT2D eigenvalue weighted by Crippen LogP contribution is 2.25. The van der Waals surface area contributed by atoms with Crippen LogP contribution in [-0.2, 0) is 4.79 Å². The Morgan fingerprint density at radius 1 is 1.52 bits per heavy atom. The molecule has 0 aromatic heterocycles. The molecule has 0 saturated carbocycles. The standard InChI is InChI=1S/C16H23FN2O2/c1-3-14(21-15-7-5-4-6-13(15)17)16(20)19-10-12(9-18)8-11(19)2/h4-7,11-12,14H,3,8-10,18H2,1-2H3. The summed E-state index contributed by atoms with van der Waals surface area (Å²) in [5.74, 6) is -0.0582. The van der Waals surface area contributed by atoms with Gasteiger partial charge in [0.2, 0.25) is 0 Å². The zero-order valence-electron chi connectivity index (χ0n) is 12.6. The van der Waals surface area contributed by atoms with Crippen molar-refractivity contribution in [3.63, 3.8) is 0 Å². The molecule has 3 unspecified atom stereocenters. The fraction of sp³-hybridized carbons (Fsp3) is 0.562. The summed E-state index contributed by atoms with van der Waals surface area (Å²) in [6.45, 7) is 5.13. The third-order valence-corrected chi connectivity index (χ3v) is 4.03. The second-order valence-electron chi connectivity index (χ2n) is 5.62. The quantitative estimate of drug-likeness (QED) is 0.905. The van der Waals surface area contributed by atoms with E-state index in [4.69, 9.17) is 10.5 Å². The SMILES string of the molecule is CCC(Oc1ccccc1F)C(=O)N1CC(CN)CC1C. The van der Waals surface area contributed by atoms with Crippen LogP contribution in [0.2, 0.25) is 0 Å². The number of ether oxygens (including phenoxy) is 1. The maximum Gasteiger partial charge on any atom is 0.263 e. The van der Waals surface area contributed by atoms with Crippen molar-refractivity contribution in [1.82, 2.24) is 4.90 Å². The predicted molar refractivity (Wildman–Crippen MR) is 79.4 cm³/mol. The minimum atomic E-state index is -0.652. The molecule has 1 saturated heterocycles. The zero-order valence-corrected chi connectivity index (χ0v) is 12.6. The van der Waals surface area contributed by atoms with E-state index in [-0.39, 0.29) is 17.7 Å². The van der Waals surface area contributed by atoms with Crippen LogP contribution in [0.25, 0.3) is 0 Å². The Kier molecular flexibility index (Phi) is 5.17. The zero-order chi connectivity index (χ0) is 15.4. The lowest BCUT2D eigenvalue weighted by Crippen LogP contribution is -2.43. The van der Waals surface area contributed by atoms with Crippen LogP contribution in [0.3, 0.4) is 0 Å². The van der Waals surface area contributed by atoms with E-state index < -0.39 is 11.9 Å². The molecule has 2 rings (SSSR count). The van der Waals surface area contributed by atoms with Crippen LogP contribution >= 0.6 is 0 Å². The molecule has 0 bridgehead atoms. The molecular weight excluding hydrogens is 271 g/mol. The molecule has 0 spiro atoms. The summed E-state index contributed by atoms with van der Waals surface area (Å²) in [4.78, 5) is 14.4. The molecule has 1 aromatic rings. The van der Waals surface area contributed by atoms with Crippen LogP contribution in [0.5, 0.6) is 5.75 Å². The van der Waals surface area contributed by atoms with Crippen molar-refractivity contribution >= 4 is 5.91 Å². The first-order valence-electron chi connectivity index (χ1n) is 7.48. The lowest BCUT2D eigenvalue weighted by atomic mass is 10.1. The number of nitrogens with zero attached hydrogens (tertiary/aromatic N) is 1. The summed E-state index contributed by atoms with van der Waals surface area (Å²) in [5.41, 5.74) is 5.69. The van der Waals surface area contributed by atoms with Crippen molar-refractivity contribution in [3.8, 4) is 5.75 Å². The Labute approximate surface area is 125 Å². The third kappa shape index (κ3) is 3.53. The van der Waals surface area contributed by atoms with Gasteiger partial charge >= 0.3 is 0 Å². The largest absolute Gasteiger partial charge is 0.478 e. The molecule has 2 N–H and O–H groups in total. The molecule has 1 aliphatic heterocycles. The molecule has 1 heterocycles. The topological polar surface area (TPSA) is 55.6 Å². The molecule has 4 nitrogen and oxygen atoms in total. The van der Waals surface area contributed by atoms with Crippen LogP contribution in [0, 0.1) is 11.7 Å². The van der Waals surface area contributed by atoms with Crippen LogP contribution in [-0.4, -0.2) is 36.0 Å². The third-order valence-electron chi connectivity index (χ3n) is 4.03. The van der Waals surface area contributed by atoms with E-state index in [0.29, 0.717) is 25.4 Å². The number of hydrogen-bond donors (Lipinski definition) is 1. The molecule has 0 radical (unpaired) electrons.